The molecule has 2 nitrogen and oxygen atoms in total. The van der Waals surface area contributed by atoms with Crippen LogP contribution < -0.4 is 11.1 Å². The van der Waals surface area contributed by atoms with Crippen LogP contribution in [0.4, 0.5) is 11.4 Å². The lowest BCUT2D eigenvalue weighted by Crippen LogP contribution is -2.39. The second-order valence-electron chi connectivity index (χ2n) is 6.02. The normalized spacial score (nSPS) is 23.4. The highest BCUT2D eigenvalue weighted by Gasteiger charge is 2.32. The molecule has 1 aliphatic rings. The Bertz CT molecular complexity index is 396. The minimum Gasteiger partial charge on any atom is -0.397 e. The van der Waals surface area contributed by atoms with E-state index < -0.39 is 0 Å². The number of nitrogens with two attached hydrogens (primary N) is 1. The first-order chi connectivity index (χ1) is 7.99. The van der Waals surface area contributed by atoms with E-state index in [1.54, 1.807) is 0 Å². The zero-order valence-corrected chi connectivity index (χ0v) is 11.2. The maximum absolute atomic E-state index is 6.06. The molecule has 0 radical (unpaired) electrons. The van der Waals surface area contributed by atoms with Gasteiger partial charge in [-0.15, -0.1) is 0 Å². The summed E-state index contributed by atoms with van der Waals surface area (Å²) in [6.07, 6.45) is 5.23. The molecular weight excluding hydrogens is 208 g/mol. The van der Waals surface area contributed by atoms with E-state index in [0.29, 0.717) is 11.5 Å². The van der Waals surface area contributed by atoms with Crippen LogP contribution in [0.15, 0.2) is 18.2 Å². The highest BCUT2D eigenvalue weighted by molar-refractivity contribution is 5.67. The largest absolute Gasteiger partial charge is 0.397 e. The van der Waals surface area contributed by atoms with Crippen LogP contribution >= 0.6 is 0 Å². The van der Waals surface area contributed by atoms with Crippen molar-refractivity contribution in [2.24, 2.45) is 5.41 Å². The van der Waals surface area contributed by atoms with Crippen molar-refractivity contribution in [3.05, 3.63) is 23.8 Å². The Morgan fingerprint density at radius 2 is 2.06 bits per heavy atom. The van der Waals surface area contributed by atoms with E-state index in [9.17, 15) is 0 Å². The summed E-state index contributed by atoms with van der Waals surface area (Å²) in [7, 11) is 0. The zero-order valence-electron chi connectivity index (χ0n) is 11.2. The summed E-state index contributed by atoms with van der Waals surface area (Å²) in [5.74, 6) is 0. The fourth-order valence-electron chi connectivity index (χ4n) is 2.76. The topological polar surface area (TPSA) is 38.0 Å². The number of nitrogen functional groups attached to an aromatic ring is 1. The SMILES string of the molecule is Cc1ccc(NC2CCCCC2(C)C)c(N)c1. The summed E-state index contributed by atoms with van der Waals surface area (Å²) >= 11 is 0. The Morgan fingerprint density at radius 1 is 1.29 bits per heavy atom. The van der Waals surface area contributed by atoms with Gasteiger partial charge >= 0.3 is 0 Å². The fourth-order valence-corrected chi connectivity index (χ4v) is 2.76. The molecule has 1 unspecified atom stereocenters. The lowest BCUT2D eigenvalue weighted by atomic mass is 9.73. The number of rotatable bonds is 2. The van der Waals surface area contributed by atoms with Crippen LogP contribution in [-0.2, 0) is 0 Å². The number of hydrogen-bond acceptors (Lipinski definition) is 2. The van der Waals surface area contributed by atoms with Gasteiger partial charge in [0.05, 0.1) is 11.4 Å². The monoisotopic (exact) mass is 232 g/mol. The highest BCUT2D eigenvalue weighted by atomic mass is 15.0. The van der Waals surface area contributed by atoms with Gasteiger partial charge in [0.1, 0.15) is 0 Å². The minimum absolute atomic E-state index is 0.371. The van der Waals surface area contributed by atoms with Crippen LogP contribution in [0, 0.1) is 12.3 Å². The number of nitrogens with one attached hydrogen (secondary N) is 1. The van der Waals surface area contributed by atoms with Gasteiger partial charge in [0.25, 0.3) is 0 Å². The van der Waals surface area contributed by atoms with Crippen molar-refractivity contribution in [1.29, 1.82) is 0 Å². The first kappa shape index (κ1) is 12.3. The minimum atomic E-state index is 0.371. The van der Waals surface area contributed by atoms with Crippen LogP contribution in [0.25, 0.3) is 0 Å². The summed E-state index contributed by atoms with van der Waals surface area (Å²) in [5.41, 5.74) is 9.61. The molecule has 0 saturated heterocycles. The van der Waals surface area contributed by atoms with Crippen molar-refractivity contribution in [3.63, 3.8) is 0 Å². The van der Waals surface area contributed by atoms with Crippen molar-refractivity contribution in [2.45, 2.75) is 52.5 Å². The molecule has 2 heteroatoms. The third-order valence-corrected chi connectivity index (χ3v) is 4.04. The molecule has 1 fully saturated rings. The van der Waals surface area contributed by atoms with E-state index in [2.05, 4.69) is 38.2 Å². The van der Waals surface area contributed by atoms with Gasteiger partial charge in [-0.05, 0) is 42.9 Å². The molecule has 0 bridgehead atoms. The third kappa shape index (κ3) is 2.74. The first-order valence-corrected chi connectivity index (χ1v) is 6.62. The van der Waals surface area contributed by atoms with Gasteiger partial charge in [-0.3, -0.25) is 0 Å². The van der Waals surface area contributed by atoms with Crippen molar-refractivity contribution < 1.29 is 0 Å². The Morgan fingerprint density at radius 3 is 2.71 bits per heavy atom. The summed E-state index contributed by atoms with van der Waals surface area (Å²) in [4.78, 5) is 0. The van der Waals surface area contributed by atoms with Crippen molar-refractivity contribution in [2.75, 3.05) is 11.1 Å². The molecule has 0 spiro atoms. The van der Waals surface area contributed by atoms with Crippen molar-refractivity contribution in [3.8, 4) is 0 Å². The van der Waals surface area contributed by atoms with E-state index in [1.807, 2.05) is 6.07 Å². The number of anilines is 2. The van der Waals surface area contributed by atoms with E-state index in [1.165, 1.54) is 31.2 Å². The van der Waals surface area contributed by atoms with Crippen LogP contribution in [0.2, 0.25) is 0 Å². The van der Waals surface area contributed by atoms with Gasteiger partial charge in [0.15, 0.2) is 0 Å². The second-order valence-corrected chi connectivity index (χ2v) is 6.02. The summed E-state index contributed by atoms with van der Waals surface area (Å²) < 4.78 is 0. The summed E-state index contributed by atoms with van der Waals surface area (Å²) in [5, 5.41) is 3.64. The average Bonchev–Trinajstić information content (AvgIpc) is 2.24. The first-order valence-electron chi connectivity index (χ1n) is 6.62. The van der Waals surface area contributed by atoms with E-state index >= 15 is 0 Å². The molecule has 2 rings (SSSR count). The number of hydrogen-bond donors (Lipinski definition) is 2. The van der Waals surface area contributed by atoms with E-state index in [-0.39, 0.29) is 0 Å². The van der Waals surface area contributed by atoms with Crippen LogP contribution in [-0.4, -0.2) is 6.04 Å². The maximum atomic E-state index is 6.06. The molecule has 1 aromatic rings. The molecule has 1 aliphatic carbocycles. The van der Waals surface area contributed by atoms with Crippen molar-refractivity contribution >= 4 is 11.4 Å². The Balaban J connectivity index is 2.14. The zero-order chi connectivity index (χ0) is 12.5. The molecule has 1 aromatic carbocycles. The van der Waals surface area contributed by atoms with Crippen LogP contribution in [0.3, 0.4) is 0 Å². The quantitative estimate of drug-likeness (QED) is 0.757. The lowest BCUT2D eigenvalue weighted by Gasteiger charge is -2.39. The second kappa shape index (κ2) is 4.59. The molecule has 1 saturated carbocycles. The predicted octanol–water partition coefficient (Wildman–Crippen LogP) is 3.96. The van der Waals surface area contributed by atoms with Gasteiger partial charge < -0.3 is 11.1 Å². The smallest absolute Gasteiger partial charge is 0.0576 e. The summed E-state index contributed by atoms with van der Waals surface area (Å²) in [6.45, 7) is 6.78. The predicted molar refractivity (Wildman–Crippen MR) is 75.3 cm³/mol. The maximum Gasteiger partial charge on any atom is 0.0576 e. The third-order valence-electron chi connectivity index (χ3n) is 4.04. The van der Waals surface area contributed by atoms with Gasteiger partial charge in [-0.25, -0.2) is 0 Å². The standard InChI is InChI=1S/C15H24N2/c1-11-7-8-13(12(16)10-11)17-14-6-4-5-9-15(14,2)3/h7-8,10,14,17H,4-6,9,16H2,1-3H3. The molecule has 0 heterocycles. The molecule has 17 heavy (non-hydrogen) atoms. The molecule has 94 valence electrons. The van der Waals surface area contributed by atoms with E-state index in [0.717, 1.165) is 11.4 Å². The molecular formula is C15H24N2. The molecule has 0 aromatic heterocycles. The van der Waals surface area contributed by atoms with Gasteiger partial charge in [0, 0.05) is 6.04 Å². The highest BCUT2D eigenvalue weighted by Crippen LogP contribution is 2.38. The molecule has 0 aliphatic heterocycles. The van der Waals surface area contributed by atoms with E-state index in [4.69, 9.17) is 5.73 Å². The lowest BCUT2D eigenvalue weighted by molar-refractivity contribution is 0.217. The van der Waals surface area contributed by atoms with Crippen molar-refractivity contribution in [1.82, 2.24) is 0 Å². The number of benzene rings is 1. The Labute approximate surface area is 105 Å². The Kier molecular flexibility index (Phi) is 3.32. The molecule has 1 atom stereocenters. The Hall–Kier alpha value is -1.18. The molecule has 3 N–H and O–H groups in total. The number of aryl methyl sites for hydroxylation is 1. The van der Waals surface area contributed by atoms with Gasteiger partial charge in [-0.2, -0.15) is 0 Å². The van der Waals surface area contributed by atoms with Gasteiger partial charge in [-0.1, -0.05) is 32.8 Å². The van der Waals surface area contributed by atoms with Gasteiger partial charge in [0.2, 0.25) is 0 Å². The average molecular weight is 232 g/mol. The molecule has 0 amide bonds. The summed E-state index contributed by atoms with van der Waals surface area (Å²) in [6, 6.07) is 6.81. The fraction of sp³-hybridized carbons (Fsp3) is 0.600. The van der Waals surface area contributed by atoms with Crippen LogP contribution in [0.5, 0.6) is 0 Å². The van der Waals surface area contributed by atoms with Crippen LogP contribution in [0.1, 0.15) is 45.1 Å².